The maximum absolute atomic E-state index is 11.7. The van der Waals surface area contributed by atoms with Crippen LogP contribution in [0.2, 0.25) is 0 Å². The molecule has 108 valence electrons. The zero-order valence-electron chi connectivity index (χ0n) is 10.9. The molecule has 0 saturated heterocycles. The average molecular weight is 304 g/mol. The van der Waals surface area contributed by atoms with E-state index in [1.807, 2.05) is 5.38 Å². The van der Waals surface area contributed by atoms with Gasteiger partial charge in [-0.15, -0.1) is 11.3 Å². The standard InChI is InChI=1S/C14H12N2O4S/c17-12(13-2-1-9-21-13)7-8-14(18)15-10-3-5-11(6-4-10)16(19)20/h1-6,9H,7-8H2,(H,15,18). The number of nitrogens with one attached hydrogen (secondary N) is 1. The van der Waals surface area contributed by atoms with Crippen molar-refractivity contribution in [3.63, 3.8) is 0 Å². The van der Waals surface area contributed by atoms with Crippen molar-refractivity contribution in [1.82, 2.24) is 0 Å². The van der Waals surface area contributed by atoms with Crippen LogP contribution in [0, 0.1) is 10.1 Å². The van der Waals surface area contributed by atoms with Crippen LogP contribution >= 0.6 is 11.3 Å². The first-order valence-electron chi connectivity index (χ1n) is 6.17. The Morgan fingerprint density at radius 2 is 1.86 bits per heavy atom. The van der Waals surface area contributed by atoms with Crippen molar-refractivity contribution in [2.75, 3.05) is 5.32 Å². The molecule has 0 bridgehead atoms. The fourth-order valence-corrected chi connectivity index (χ4v) is 2.37. The van der Waals surface area contributed by atoms with Crippen molar-refractivity contribution in [1.29, 1.82) is 0 Å². The van der Waals surface area contributed by atoms with Crippen LogP contribution in [0.25, 0.3) is 0 Å². The largest absolute Gasteiger partial charge is 0.326 e. The Bertz CT molecular complexity index is 650. The average Bonchev–Trinajstić information content (AvgIpc) is 2.99. The Morgan fingerprint density at radius 1 is 1.14 bits per heavy atom. The van der Waals surface area contributed by atoms with Gasteiger partial charge < -0.3 is 5.32 Å². The molecule has 0 spiro atoms. The topological polar surface area (TPSA) is 89.3 Å². The number of non-ortho nitro benzene ring substituents is 1. The van der Waals surface area contributed by atoms with Crippen molar-refractivity contribution >= 4 is 34.4 Å². The summed E-state index contributed by atoms with van der Waals surface area (Å²) in [6, 6.07) is 9.04. The van der Waals surface area contributed by atoms with Crippen LogP contribution in [0.5, 0.6) is 0 Å². The first-order valence-corrected chi connectivity index (χ1v) is 7.05. The number of Topliss-reactive ketones (excluding diaryl/α,β-unsaturated/α-hetero) is 1. The Hall–Kier alpha value is -2.54. The van der Waals surface area contributed by atoms with Gasteiger partial charge in [0.25, 0.3) is 5.69 Å². The molecule has 1 amide bonds. The van der Waals surface area contributed by atoms with E-state index in [9.17, 15) is 19.7 Å². The Labute approximate surface area is 124 Å². The van der Waals surface area contributed by atoms with Crippen molar-refractivity contribution in [3.8, 4) is 0 Å². The normalized spacial score (nSPS) is 10.1. The van der Waals surface area contributed by atoms with Gasteiger partial charge in [-0.2, -0.15) is 0 Å². The van der Waals surface area contributed by atoms with Crippen LogP contribution in [0.1, 0.15) is 22.5 Å². The molecule has 1 aromatic carbocycles. The van der Waals surface area contributed by atoms with Crippen molar-refractivity contribution in [2.45, 2.75) is 12.8 Å². The minimum atomic E-state index is -0.509. The van der Waals surface area contributed by atoms with Gasteiger partial charge in [0.1, 0.15) is 0 Å². The van der Waals surface area contributed by atoms with E-state index in [2.05, 4.69) is 5.32 Å². The molecule has 0 fully saturated rings. The van der Waals surface area contributed by atoms with Crippen molar-refractivity contribution in [2.24, 2.45) is 0 Å². The molecule has 0 radical (unpaired) electrons. The number of carbonyl (C=O) groups excluding carboxylic acids is 2. The third-order valence-electron chi connectivity index (χ3n) is 2.74. The zero-order chi connectivity index (χ0) is 15.2. The highest BCUT2D eigenvalue weighted by Gasteiger charge is 2.11. The Morgan fingerprint density at radius 3 is 2.43 bits per heavy atom. The molecule has 0 atom stereocenters. The second-order valence-electron chi connectivity index (χ2n) is 4.25. The number of nitro groups is 1. The number of benzene rings is 1. The maximum atomic E-state index is 11.7. The molecule has 0 aliphatic heterocycles. The van der Waals surface area contributed by atoms with Gasteiger partial charge in [-0.1, -0.05) is 6.07 Å². The zero-order valence-corrected chi connectivity index (χ0v) is 11.8. The number of thiophene rings is 1. The maximum Gasteiger partial charge on any atom is 0.269 e. The lowest BCUT2D eigenvalue weighted by Crippen LogP contribution is -2.13. The summed E-state index contributed by atoms with van der Waals surface area (Å²) in [4.78, 5) is 34.1. The molecule has 2 aromatic rings. The summed E-state index contributed by atoms with van der Waals surface area (Å²) < 4.78 is 0. The van der Waals surface area contributed by atoms with Crippen LogP contribution in [0.15, 0.2) is 41.8 Å². The molecule has 0 aliphatic carbocycles. The smallest absolute Gasteiger partial charge is 0.269 e. The lowest BCUT2D eigenvalue weighted by Gasteiger charge is -2.04. The molecule has 0 saturated carbocycles. The highest BCUT2D eigenvalue weighted by Crippen LogP contribution is 2.16. The second kappa shape index (κ2) is 6.76. The van der Waals surface area contributed by atoms with E-state index in [4.69, 9.17) is 0 Å². The second-order valence-corrected chi connectivity index (χ2v) is 5.20. The summed E-state index contributed by atoms with van der Waals surface area (Å²) in [6.45, 7) is 0. The van der Waals surface area contributed by atoms with Crippen molar-refractivity contribution in [3.05, 3.63) is 56.8 Å². The van der Waals surface area contributed by atoms with Crippen LogP contribution in [-0.2, 0) is 4.79 Å². The van der Waals surface area contributed by atoms with E-state index in [-0.39, 0.29) is 30.2 Å². The van der Waals surface area contributed by atoms with Gasteiger partial charge >= 0.3 is 0 Å². The van der Waals surface area contributed by atoms with Crippen LogP contribution in [0.4, 0.5) is 11.4 Å². The third kappa shape index (κ3) is 4.22. The number of anilines is 1. The molecular weight excluding hydrogens is 292 g/mol. The molecule has 2 rings (SSSR count). The number of nitrogens with zero attached hydrogens (tertiary/aromatic N) is 1. The minimum absolute atomic E-state index is 0.0409. The molecule has 21 heavy (non-hydrogen) atoms. The molecule has 1 heterocycles. The van der Waals surface area contributed by atoms with Crippen LogP contribution < -0.4 is 5.32 Å². The molecule has 1 N–H and O–H groups in total. The molecule has 6 nitrogen and oxygen atoms in total. The van der Waals surface area contributed by atoms with Gasteiger partial charge in [0.2, 0.25) is 5.91 Å². The van der Waals surface area contributed by atoms with E-state index >= 15 is 0 Å². The van der Waals surface area contributed by atoms with Gasteiger partial charge in [0.15, 0.2) is 5.78 Å². The summed E-state index contributed by atoms with van der Waals surface area (Å²) in [6.07, 6.45) is 0.215. The first-order chi connectivity index (χ1) is 10.1. The van der Waals surface area contributed by atoms with E-state index in [0.29, 0.717) is 10.6 Å². The van der Waals surface area contributed by atoms with E-state index < -0.39 is 4.92 Å². The van der Waals surface area contributed by atoms with Gasteiger partial charge in [0, 0.05) is 30.7 Å². The number of carbonyl (C=O) groups is 2. The third-order valence-corrected chi connectivity index (χ3v) is 3.65. The molecule has 1 aromatic heterocycles. The fourth-order valence-electron chi connectivity index (χ4n) is 1.68. The van der Waals surface area contributed by atoms with E-state index in [1.165, 1.54) is 35.6 Å². The summed E-state index contributed by atoms with van der Waals surface area (Å²) in [5.74, 6) is -0.363. The number of rotatable bonds is 6. The van der Waals surface area contributed by atoms with Crippen molar-refractivity contribution < 1.29 is 14.5 Å². The number of hydrogen-bond acceptors (Lipinski definition) is 5. The SMILES string of the molecule is O=C(CCC(=O)c1cccs1)Nc1ccc([N+](=O)[O-])cc1. The van der Waals surface area contributed by atoms with Gasteiger partial charge in [-0.05, 0) is 23.6 Å². The quantitative estimate of drug-likeness (QED) is 0.504. The van der Waals surface area contributed by atoms with Crippen LogP contribution in [0.3, 0.4) is 0 Å². The highest BCUT2D eigenvalue weighted by atomic mass is 32.1. The first kappa shape index (κ1) is 14.9. The molecular formula is C14H12N2O4S. The summed E-state index contributed by atoms with van der Waals surface area (Å²) in [5.41, 5.74) is 0.426. The van der Waals surface area contributed by atoms with E-state index in [0.717, 1.165) is 0 Å². The molecule has 7 heteroatoms. The number of ketones is 1. The molecule has 0 unspecified atom stereocenters. The molecule has 0 aliphatic rings. The Balaban J connectivity index is 1.84. The monoisotopic (exact) mass is 304 g/mol. The fraction of sp³-hybridized carbons (Fsp3) is 0.143. The number of nitro benzene ring substituents is 1. The minimum Gasteiger partial charge on any atom is -0.326 e. The van der Waals surface area contributed by atoms with Gasteiger partial charge in [-0.3, -0.25) is 19.7 Å². The van der Waals surface area contributed by atoms with E-state index in [1.54, 1.807) is 12.1 Å². The van der Waals surface area contributed by atoms with Gasteiger partial charge in [0.05, 0.1) is 9.80 Å². The number of hydrogen-bond donors (Lipinski definition) is 1. The summed E-state index contributed by atoms with van der Waals surface area (Å²) in [7, 11) is 0. The van der Waals surface area contributed by atoms with Gasteiger partial charge in [-0.25, -0.2) is 0 Å². The number of amides is 1. The predicted molar refractivity (Wildman–Crippen MR) is 79.6 cm³/mol. The summed E-state index contributed by atoms with van der Waals surface area (Å²) in [5, 5.41) is 14.9. The summed E-state index contributed by atoms with van der Waals surface area (Å²) >= 11 is 1.35. The lowest BCUT2D eigenvalue weighted by molar-refractivity contribution is -0.384. The van der Waals surface area contributed by atoms with Crippen LogP contribution in [-0.4, -0.2) is 16.6 Å². The Kier molecular flexibility index (Phi) is 4.78. The lowest BCUT2D eigenvalue weighted by atomic mass is 10.2. The predicted octanol–water partition coefficient (Wildman–Crippen LogP) is 3.26. The highest BCUT2D eigenvalue weighted by molar-refractivity contribution is 7.12.